The minimum atomic E-state index is -4.26. The van der Waals surface area contributed by atoms with Crippen molar-refractivity contribution in [1.82, 2.24) is 4.57 Å². The van der Waals surface area contributed by atoms with Gasteiger partial charge in [-0.2, -0.15) is 0 Å². The van der Waals surface area contributed by atoms with Crippen LogP contribution in [0.25, 0.3) is 0 Å². The average Bonchev–Trinajstić information content (AvgIpc) is 2.67. The molecule has 0 saturated heterocycles. The van der Waals surface area contributed by atoms with Gasteiger partial charge in [-0.15, -0.1) is 0 Å². The van der Waals surface area contributed by atoms with Crippen LogP contribution in [0.5, 0.6) is 0 Å². The van der Waals surface area contributed by atoms with E-state index >= 15 is 0 Å². The number of benzene rings is 1. The summed E-state index contributed by atoms with van der Waals surface area (Å²) in [6.45, 7) is 1.42. The molecule has 0 aliphatic carbocycles. The molecule has 0 aliphatic rings. The minimum absolute atomic E-state index is 0.0524. The molecule has 14 heteroatoms. The van der Waals surface area contributed by atoms with Crippen LogP contribution in [0.4, 0.5) is 5.69 Å². The molecule has 0 bridgehead atoms. The zero-order valence-electron chi connectivity index (χ0n) is 16.2. The van der Waals surface area contributed by atoms with Crippen molar-refractivity contribution in [2.24, 2.45) is 22.4 Å². The number of hydrogen-bond donors (Lipinski definition) is 4. The number of guanidine groups is 1. The fraction of sp³-hybridized carbons (Fsp3) is 0.235. The van der Waals surface area contributed by atoms with Crippen LogP contribution in [0.15, 0.2) is 45.2 Å². The number of aryl methyl sites for hydroxylation is 1. The van der Waals surface area contributed by atoms with E-state index in [-0.39, 0.29) is 39.6 Å². The van der Waals surface area contributed by atoms with Gasteiger partial charge in [0.05, 0.1) is 5.02 Å². The number of hydrogen-bond acceptors (Lipinski definition) is 6. The topological polar surface area (TPSA) is 185 Å². The van der Waals surface area contributed by atoms with Crippen molar-refractivity contribution >= 4 is 50.8 Å². The number of nitrogens with two attached hydrogens (primary N) is 3. The normalized spacial score (nSPS) is 12.1. The van der Waals surface area contributed by atoms with Crippen molar-refractivity contribution in [1.29, 1.82) is 0 Å². The van der Waals surface area contributed by atoms with E-state index in [9.17, 15) is 18.0 Å². The Kier molecular flexibility index (Phi) is 7.76. The highest BCUT2D eigenvalue weighted by atomic mass is 35.5. The van der Waals surface area contributed by atoms with Crippen LogP contribution in [-0.4, -0.2) is 31.5 Å². The summed E-state index contributed by atoms with van der Waals surface area (Å²) in [6, 6.07) is 5.44. The van der Waals surface area contributed by atoms with Crippen molar-refractivity contribution in [2.75, 3.05) is 11.3 Å². The summed E-state index contributed by atoms with van der Waals surface area (Å²) < 4.78 is 28.7. The number of halogens is 2. The van der Waals surface area contributed by atoms with Crippen LogP contribution < -0.4 is 27.5 Å². The van der Waals surface area contributed by atoms with Gasteiger partial charge in [-0.25, -0.2) is 8.42 Å². The number of aromatic nitrogens is 1. The molecule has 1 aromatic heterocycles. The Labute approximate surface area is 187 Å². The highest BCUT2D eigenvalue weighted by Crippen LogP contribution is 2.26. The van der Waals surface area contributed by atoms with Gasteiger partial charge in [-0.05, 0) is 42.4 Å². The summed E-state index contributed by atoms with van der Waals surface area (Å²) in [5, 5.41) is 3.38. The Balaban J connectivity index is 2.43. The second kappa shape index (κ2) is 9.90. The third-order valence-electron chi connectivity index (χ3n) is 4.04. The zero-order valence-corrected chi connectivity index (χ0v) is 18.5. The molecule has 0 saturated carbocycles. The first-order valence-electron chi connectivity index (χ1n) is 8.64. The van der Waals surface area contributed by atoms with Crippen molar-refractivity contribution in [3.05, 3.63) is 56.4 Å². The Bertz CT molecular complexity index is 1180. The van der Waals surface area contributed by atoms with Crippen LogP contribution in [0.3, 0.4) is 0 Å². The summed E-state index contributed by atoms with van der Waals surface area (Å²) in [7, 11) is -4.26. The van der Waals surface area contributed by atoms with Gasteiger partial charge in [0.25, 0.3) is 15.6 Å². The van der Waals surface area contributed by atoms with Gasteiger partial charge in [-0.1, -0.05) is 23.2 Å². The number of primary amides is 1. The fourth-order valence-electron chi connectivity index (χ4n) is 2.68. The maximum atomic E-state index is 13.0. The van der Waals surface area contributed by atoms with Gasteiger partial charge in [0.2, 0.25) is 11.9 Å². The van der Waals surface area contributed by atoms with E-state index in [1.165, 1.54) is 24.3 Å². The molecule has 1 amide bonds. The number of nitrogens with one attached hydrogen (secondary N) is 1. The molecule has 2 aromatic rings. The second-order valence-corrected chi connectivity index (χ2v) is 8.79. The number of rotatable bonds is 9. The van der Waals surface area contributed by atoms with Crippen LogP contribution >= 0.6 is 23.2 Å². The lowest BCUT2D eigenvalue weighted by Gasteiger charge is -2.20. The molecular formula is C17H20Cl2N6O5S. The first-order chi connectivity index (χ1) is 14.4. The molecule has 2 rings (SSSR count). The lowest BCUT2D eigenvalue weighted by molar-refractivity contribution is -0.121. The number of oxime groups is 1. The van der Waals surface area contributed by atoms with Crippen LogP contribution in [-0.2, 0) is 19.7 Å². The number of carbonyl (C=O) groups excluding carboxylic acids is 1. The molecule has 0 spiro atoms. The summed E-state index contributed by atoms with van der Waals surface area (Å²) in [5.41, 5.74) is 15.0. The molecule has 0 radical (unpaired) electrons. The van der Waals surface area contributed by atoms with Gasteiger partial charge in [-0.3, -0.25) is 18.9 Å². The maximum Gasteiger partial charge on any atom is 0.275 e. The van der Waals surface area contributed by atoms with E-state index in [2.05, 4.69) is 9.88 Å². The van der Waals surface area contributed by atoms with Gasteiger partial charge >= 0.3 is 0 Å². The average molecular weight is 491 g/mol. The Hall–Kier alpha value is -2.96. The van der Waals surface area contributed by atoms with E-state index < -0.39 is 27.5 Å². The van der Waals surface area contributed by atoms with Crippen molar-refractivity contribution < 1.29 is 18.0 Å². The molecular weight excluding hydrogens is 471 g/mol. The number of nitrogens with zero attached hydrogens (tertiary/aromatic N) is 2. The quantitative estimate of drug-likeness (QED) is 0.174. The highest BCUT2D eigenvalue weighted by Gasteiger charge is 2.25. The van der Waals surface area contributed by atoms with E-state index in [0.29, 0.717) is 5.69 Å². The predicted octanol–water partition coefficient (Wildman–Crippen LogP) is 0.886. The molecule has 0 fully saturated rings. The molecule has 1 unspecified atom stereocenters. The summed E-state index contributed by atoms with van der Waals surface area (Å²) in [5.74, 6) is -1.16. The Morgan fingerprint density at radius 1 is 1.23 bits per heavy atom. The van der Waals surface area contributed by atoms with Crippen molar-refractivity contribution in [3.63, 3.8) is 0 Å². The van der Waals surface area contributed by atoms with Crippen LogP contribution in [0.2, 0.25) is 10.0 Å². The molecule has 1 aromatic carbocycles. The zero-order chi connectivity index (χ0) is 23.3. The third kappa shape index (κ3) is 6.03. The number of anilines is 1. The monoisotopic (exact) mass is 490 g/mol. The van der Waals surface area contributed by atoms with Gasteiger partial charge in [0.1, 0.15) is 23.2 Å². The molecule has 0 aliphatic heterocycles. The maximum absolute atomic E-state index is 13.0. The van der Waals surface area contributed by atoms with Gasteiger partial charge < -0.3 is 22.0 Å². The van der Waals surface area contributed by atoms with Crippen molar-refractivity contribution in [2.45, 2.75) is 24.3 Å². The summed E-state index contributed by atoms with van der Waals surface area (Å²) in [6.07, 6.45) is -0.0524. The first kappa shape index (κ1) is 24.3. The Morgan fingerprint density at radius 3 is 2.52 bits per heavy atom. The molecule has 1 heterocycles. The molecule has 168 valence electrons. The number of sulfonamides is 1. The fourth-order valence-corrected chi connectivity index (χ4v) is 4.50. The SMILES string of the molecule is Cc1ccc(NS(=O)(=O)c2cc(Cl)ccc2Cl)c(=O)n1C(CCON=C(N)N)C(N)=O. The largest absolute Gasteiger partial charge is 0.393 e. The third-order valence-corrected chi connectivity index (χ3v) is 6.12. The number of pyridine rings is 1. The number of carbonyl (C=O) groups is 1. The van der Waals surface area contributed by atoms with E-state index in [4.69, 9.17) is 45.2 Å². The second-order valence-electron chi connectivity index (χ2n) is 6.30. The molecule has 31 heavy (non-hydrogen) atoms. The van der Waals surface area contributed by atoms with E-state index in [1.807, 2.05) is 0 Å². The van der Waals surface area contributed by atoms with Gasteiger partial charge in [0.15, 0.2) is 0 Å². The smallest absolute Gasteiger partial charge is 0.275 e. The summed E-state index contributed by atoms with van der Waals surface area (Å²) >= 11 is 11.8. The van der Waals surface area contributed by atoms with Crippen molar-refractivity contribution in [3.8, 4) is 0 Å². The minimum Gasteiger partial charge on any atom is -0.393 e. The van der Waals surface area contributed by atoms with Crippen LogP contribution in [0.1, 0.15) is 18.2 Å². The highest BCUT2D eigenvalue weighted by molar-refractivity contribution is 7.92. The summed E-state index contributed by atoms with van der Waals surface area (Å²) in [4.78, 5) is 29.5. The predicted molar refractivity (Wildman–Crippen MR) is 117 cm³/mol. The first-order valence-corrected chi connectivity index (χ1v) is 10.9. The molecule has 11 nitrogen and oxygen atoms in total. The van der Waals surface area contributed by atoms with Gasteiger partial charge in [0, 0.05) is 17.1 Å². The standard InChI is InChI=1S/C17H20Cl2N6O5S/c1-9-2-5-12(24-31(28,29)14-8-10(18)3-4-11(14)19)16(27)25(9)13(15(20)26)6-7-30-23-17(21)22/h2-5,8,13,24H,6-7H2,1H3,(H2,20,26)(H4,21,22,23). The lowest BCUT2D eigenvalue weighted by atomic mass is 10.1. The number of amides is 1. The molecule has 1 atom stereocenters. The Morgan fingerprint density at radius 2 is 1.90 bits per heavy atom. The molecule has 7 N–H and O–H groups in total. The van der Waals surface area contributed by atoms with E-state index in [0.717, 1.165) is 10.6 Å². The van der Waals surface area contributed by atoms with Crippen LogP contribution in [0, 0.1) is 6.92 Å². The lowest BCUT2D eigenvalue weighted by Crippen LogP contribution is -2.37. The van der Waals surface area contributed by atoms with E-state index in [1.54, 1.807) is 6.92 Å².